The second-order valence-corrected chi connectivity index (χ2v) is 9.40. The summed E-state index contributed by atoms with van der Waals surface area (Å²) < 4.78 is 0. The van der Waals surface area contributed by atoms with Crippen LogP contribution < -0.4 is 10.4 Å². The number of benzene rings is 2. The van der Waals surface area contributed by atoms with Crippen LogP contribution in [-0.2, 0) is 0 Å². The lowest BCUT2D eigenvalue weighted by molar-refractivity contribution is 1.46. The van der Waals surface area contributed by atoms with Crippen molar-refractivity contribution in [3.63, 3.8) is 0 Å². The third-order valence-corrected chi connectivity index (χ3v) is 9.12. The van der Waals surface area contributed by atoms with Gasteiger partial charge < -0.3 is 0 Å². The Kier molecular flexibility index (Phi) is 3.00. The summed E-state index contributed by atoms with van der Waals surface area (Å²) in [5.74, 6) is 0. The van der Waals surface area contributed by atoms with E-state index in [2.05, 4.69) is 73.8 Å². The van der Waals surface area contributed by atoms with Gasteiger partial charge in [-0.05, 0) is 12.1 Å². The van der Waals surface area contributed by atoms with Gasteiger partial charge >= 0.3 is 0 Å². The number of allylic oxidation sites excluding steroid dienone is 2. The van der Waals surface area contributed by atoms with Gasteiger partial charge in [-0.1, -0.05) is 95.3 Å². The van der Waals surface area contributed by atoms with Gasteiger partial charge in [0, 0.05) is 0 Å². The molecule has 19 heavy (non-hydrogen) atoms. The zero-order chi connectivity index (χ0) is 13.3. The molecule has 0 atom stereocenters. The zero-order valence-electron chi connectivity index (χ0n) is 11.1. The lowest BCUT2D eigenvalue weighted by Gasteiger charge is -2.27. The first-order valence-corrected chi connectivity index (χ1v) is 9.11. The summed E-state index contributed by atoms with van der Waals surface area (Å²) in [6.45, 7) is 8.43. The minimum atomic E-state index is -1.71. The van der Waals surface area contributed by atoms with Gasteiger partial charge in [-0.3, -0.25) is 0 Å². The first-order valence-electron chi connectivity index (χ1n) is 6.69. The Bertz CT molecular complexity index is 553. The van der Waals surface area contributed by atoms with Gasteiger partial charge in [-0.25, -0.2) is 0 Å². The van der Waals surface area contributed by atoms with Crippen molar-refractivity contribution in [1.29, 1.82) is 0 Å². The van der Waals surface area contributed by atoms with Crippen LogP contribution in [0, 0.1) is 0 Å². The lowest BCUT2D eigenvalue weighted by Crippen LogP contribution is -2.55. The third kappa shape index (κ3) is 2.00. The fourth-order valence-electron chi connectivity index (χ4n) is 3.13. The van der Waals surface area contributed by atoms with Gasteiger partial charge in [0.25, 0.3) is 0 Å². The Labute approximate surface area is 116 Å². The second kappa shape index (κ2) is 4.67. The van der Waals surface area contributed by atoms with Gasteiger partial charge in [0.1, 0.15) is 8.07 Å². The molecule has 0 saturated carbocycles. The van der Waals surface area contributed by atoms with Crippen molar-refractivity contribution in [2.75, 3.05) is 0 Å². The van der Waals surface area contributed by atoms with Crippen LogP contribution in [0.1, 0.15) is 0 Å². The van der Waals surface area contributed by atoms with Crippen molar-refractivity contribution in [1.82, 2.24) is 0 Å². The van der Waals surface area contributed by atoms with Crippen LogP contribution in [0.15, 0.2) is 85.0 Å². The molecule has 1 heterocycles. The highest BCUT2D eigenvalue weighted by Gasteiger charge is 2.42. The van der Waals surface area contributed by atoms with E-state index in [-0.39, 0.29) is 0 Å². The Hall–Kier alpha value is -1.86. The number of hydrogen-bond donors (Lipinski definition) is 0. The topological polar surface area (TPSA) is 0 Å². The quantitative estimate of drug-likeness (QED) is 0.728. The second-order valence-electron chi connectivity index (χ2n) is 5.37. The molecule has 0 unspecified atom stereocenters. The summed E-state index contributed by atoms with van der Waals surface area (Å²) in [5, 5.41) is 3.00. The largest absolute Gasteiger partial charge is 0.126 e. The first-order chi connectivity index (χ1) is 9.22. The molecule has 0 amide bonds. The van der Waals surface area contributed by atoms with E-state index in [9.17, 15) is 0 Å². The van der Waals surface area contributed by atoms with Gasteiger partial charge in [-0.2, -0.15) is 0 Å². The molecule has 94 valence electrons. The van der Waals surface area contributed by atoms with E-state index in [0.717, 1.165) is 12.1 Å². The van der Waals surface area contributed by atoms with Gasteiger partial charge in [0.05, 0.1) is 0 Å². The van der Waals surface area contributed by atoms with Gasteiger partial charge in [0.2, 0.25) is 0 Å². The van der Waals surface area contributed by atoms with Crippen LogP contribution >= 0.6 is 0 Å². The van der Waals surface area contributed by atoms with Crippen molar-refractivity contribution in [2.45, 2.75) is 12.1 Å². The molecule has 1 aliphatic rings. The average Bonchev–Trinajstić information content (AvgIpc) is 2.78. The van der Waals surface area contributed by atoms with Crippen LogP contribution in [0.5, 0.6) is 0 Å². The first kappa shape index (κ1) is 12.2. The Balaban J connectivity index is 2.18. The maximum atomic E-state index is 4.22. The van der Waals surface area contributed by atoms with E-state index in [1.165, 1.54) is 21.5 Å². The molecule has 1 aliphatic heterocycles. The molecule has 0 aliphatic carbocycles. The Morgan fingerprint density at radius 3 is 1.37 bits per heavy atom. The van der Waals surface area contributed by atoms with E-state index in [4.69, 9.17) is 0 Å². The molecule has 2 aromatic carbocycles. The summed E-state index contributed by atoms with van der Waals surface area (Å²) in [5.41, 5.74) is 2.50. The van der Waals surface area contributed by atoms with Crippen LogP contribution in [0.3, 0.4) is 0 Å². The highest BCUT2D eigenvalue weighted by molar-refractivity contribution is 7.03. The smallest absolute Gasteiger partial charge is 0.0959 e. The van der Waals surface area contributed by atoms with Gasteiger partial charge in [-0.15, -0.1) is 0 Å². The number of rotatable bonds is 2. The third-order valence-electron chi connectivity index (χ3n) is 4.18. The van der Waals surface area contributed by atoms with E-state index in [1.807, 2.05) is 0 Å². The minimum absolute atomic E-state index is 1.11. The average molecular weight is 262 g/mol. The van der Waals surface area contributed by atoms with Crippen molar-refractivity contribution in [3.05, 3.63) is 85.0 Å². The maximum absolute atomic E-state index is 4.22. The van der Waals surface area contributed by atoms with E-state index >= 15 is 0 Å². The summed E-state index contributed by atoms with van der Waals surface area (Å²) in [6.07, 6.45) is 0. The molecule has 1 fully saturated rings. The van der Waals surface area contributed by atoms with E-state index in [1.54, 1.807) is 0 Å². The predicted molar refractivity (Wildman–Crippen MR) is 85.8 cm³/mol. The van der Waals surface area contributed by atoms with E-state index in [0.29, 0.717) is 0 Å². The van der Waals surface area contributed by atoms with Crippen LogP contribution in [-0.4, -0.2) is 8.07 Å². The van der Waals surface area contributed by atoms with Gasteiger partial charge in [0.15, 0.2) is 0 Å². The molecular weight excluding hydrogens is 244 g/mol. The molecular formula is C18H18Si. The standard InChI is InChI=1S/C18H18Si/c1-15-13-19(14-16(15)2,17-9-5-3-6-10-17)18-11-7-4-8-12-18/h3-12H,1-2,13-14H2. The Morgan fingerprint density at radius 2 is 1.00 bits per heavy atom. The monoisotopic (exact) mass is 262 g/mol. The van der Waals surface area contributed by atoms with E-state index < -0.39 is 8.07 Å². The Morgan fingerprint density at radius 1 is 0.632 bits per heavy atom. The summed E-state index contributed by atoms with van der Waals surface area (Å²) >= 11 is 0. The van der Waals surface area contributed by atoms with Crippen molar-refractivity contribution >= 4 is 18.4 Å². The highest BCUT2D eigenvalue weighted by atomic mass is 28.3. The predicted octanol–water partition coefficient (Wildman–Crippen LogP) is 3.38. The molecule has 2 aromatic rings. The van der Waals surface area contributed by atoms with Crippen molar-refractivity contribution < 1.29 is 0 Å². The molecule has 3 rings (SSSR count). The zero-order valence-corrected chi connectivity index (χ0v) is 12.1. The van der Waals surface area contributed by atoms with Crippen LogP contribution in [0.25, 0.3) is 0 Å². The van der Waals surface area contributed by atoms with Crippen molar-refractivity contribution in [2.24, 2.45) is 0 Å². The molecule has 1 saturated heterocycles. The molecule has 1 heteroatoms. The molecule has 0 nitrogen and oxygen atoms in total. The lowest BCUT2D eigenvalue weighted by atomic mass is 10.2. The molecule has 0 spiro atoms. The molecule has 0 aromatic heterocycles. The SMILES string of the molecule is C=C1C[Si](c2ccccc2)(c2ccccc2)CC1=C. The molecule has 0 bridgehead atoms. The summed E-state index contributed by atoms with van der Waals surface area (Å²) in [6, 6.07) is 24.1. The highest BCUT2D eigenvalue weighted by Crippen LogP contribution is 2.36. The van der Waals surface area contributed by atoms with Crippen LogP contribution in [0.4, 0.5) is 0 Å². The fraction of sp³-hybridized carbons (Fsp3) is 0.111. The minimum Gasteiger partial charge on any atom is -0.0959 e. The fourth-order valence-corrected chi connectivity index (χ4v) is 8.02. The number of hydrogen-bond acceptors (Lipinski definition) is 0. The summed E-state index contributed by atoms with van der Waals surface area (Å²) in [7, 11) is -1.71. The van der Waals surface area contributed by atoms with Crippen molar-refractivity contribution in [3.8, 4) is 0 Å². The molecule has 0 N–H and O–H groups in total. The summed E-state index contributed by atoms with van der Waals surface area (Å²) in [4.78, 5) is 0. The molecule has 0 radical (unpaired) electrons. The van der Waals surface area contributed by atoms with Crippen LogP contribution in [0.2, 0.25) is 12.1 Å². The normalized spacial score (nSPS) is 17.7. The maximum Gasteiger partial charge on any atom is 0.126 e.